The summed E-state index contributed by atoms with van der Waals surface area (Å²) < 4.78 is 0. The molecule has 0 spiro atoms. The van der Waals surface area contributed by atoms with Crippen LogP contribution in [-0.2, 0) is 0 Å². The first-order chi connectivity index (χ1) is 15.9. The van der Waals surface area contributed by atoms with Gasteiger partial charge < -0.3 is 15.9 Å². The molecule has 2 aliphatic rings. The van der Waals surface area contributed by atoms with Crippen LogP contribution in [0.5, 0.6) is 11.5 Å². The second-order valence-corrected chi connectivity index (χ2v) is 11.6. The maximum atomic E-state index is 14.2. The SMILES string of the molecule is Cc1cccc(C(N)=O)c1[C@@H]1C[C@H]2C(C)(C)CCC[C@]2(C)[C@@H](C(=O)c2cc(O)cc(O)c2)[C@H]1C. The monoisotopic (exact) mass is 463 g/mol. The third-order valence-electron chi connectivity index (χ3n) is 9.07. The lowest BCUT2D eigenvalue weighted by atomic mass is 9.43. The molecule has 2 aromatic carbocycles. The molecule has 2 aliphatic carbocycles. The van der Waals surface area contributed by atoms with E-state index in [9.17, 15) is 19.8 Å². The Balaban J connectivity index is 1.90. The van der Waals surface area contributed by atoms with Crippen molar-refractivity contribution >= 4 is 11.7 Å². The smallest absolute Gasteiger partial charge is 0.248 e. The molecule has 0 heterocycles. The highest BCUT2D eigenvalue weighted by Gasteiger charge is 2.59. The summed E-state index contributed by atoms with van der Waals surface area (Å²) >= 11 is 0. The molecule has 0 saturated heterocycles. The molecule has 5 heteroatoms. The molecule has 5 nitrogen and oxygen atoms in total. The number of phenols is 2. The molecule has 2 saturated carbocycles. The van der Waals surface area contributed by atoms with Crippen molar-refractivity contribution in [1.82, 2.24) is 0 Å². The minimum absolute atomic E-state index is 0.000920. The van der Waals surface area contributed by atoms with Crippen LogP contribution in [0.25, 0.3) is 0 Å². The van der Waals surface area contributed by atoms with Gasteiger partial charge in [0.2, 0.25) is 5.91 Å². The fourth-order valence-electron chi connectivity index (χ4n) is 7.65. The van der Waals surface area contributed by atoms with Gasteiger partial charge in [-0.15, -0.1) is 0 Å². The molecule has 2 aromatic rings. The first-order valence-electron chi connectivity index (χ1n) is 12.3. The largest absolute Gasteiger partial charge is 0.508 e. The van der Waals surface area contributed by atoms with Crippen LogP contribution in [0.2, 0.25) is 0 Å². The molecule has 2 fully saturated rings. The molecule has 182 valence electrons. The summed E-state index contributed by atoms with van der Waals surface area (Å²) in [6.45, 7) is 11.0. The van der Waals surface area contributed by atoms with Crippen molar-refractivity contribution in [3.8, 4) is 11.5 Å². The number of hydrogen-bond donors (Lipinski definition) is 3. The average Bonchev–Trinajstić information content (AvgIpc) is 2.72. The van der Waals surface area contributed by atoms with Gasteiger partial charge >= 0.3 is 0 Å². The third kappa shape index (κ3) is 3.89. The van der Waals surface area contributed by atoms with Crippen molar-refractivity contribution in [2.45, 2.75) is 66.2 Å². The van der Waals surface area contributed by atoms with E-state index in [1.54, 1.807) is 6.07 Å². The summed E-state index contributed by atoms with van der Waals surface area (Å²) in [6.07, 6.45) is 4.00. The Morgan fingerprint density at radius 1 is 1.03 bits per heavy atom. The number of primary amides is 1. The van der Waals surface area contributed by atoms with E-state index in [1.165, 1.54) is 18.2 Å². The summed E-state index contributed by atoms with van der Waals surface area (Å²) in [5.74, 6) is -0.837. The average molecular weight is 464 g/mol. The predicted molar refractivity (Wildman–Crippen MR) is 133 cm³/mol. The molecule has 34 heavy (non-hydrogen) atoms. The van der Waals surface area contributed by atoms with Crippen molar-refractivity contribution in [3.63, 3.8) is 0 Å². The maximum Gasteiger partial charge on any atom is 0.248 e. The van der Waals surface area contributed by atoms with Crippen LogP contribution in [0.15, 0.2) is 36.4 Å². The van der Waals surface area contributed by atoms with E-state index in [0.717, 1.165) is 36.8 Å². The standard InChI is InChI=1S/C29H37NO4/c1-16-8-6-9-21(27(30)34)24(16)22-15-23-28(3,4)10-7-11-29(23,5)25(17(22)2)26(33)18-12-19(31)14-20(32)13-18/h6,8-9,12-14,17,22-23,25,31-32H,7,10-11,15H2,1-5H3,(H2,30,34)/t17-,22+,23-,25+,29-/m0/s1. The lowest BCUT2D eigenvalue weighted by molar-refractivity contribution is -0.0881. The molecule has 0 aliphatic heterocycles. The predicted octanol–water partition coefficient (Wildman–Crippen LogP) is 5.96. The van der Waals surface area contributed by atoms with Gasteiger partial charge in [0.15, 0.2) is 5.78 Å². The number of aromatic hydroxyl groups is 2. The van der Waals surface area contributed by atoms with E-state index in [4.69, 9.17) is 5.73 Å². The number of aryl methyl sites for hydroxylation is 1. The molecule has 0 aromatic heterocycles. The zero-order chi connectivity index (χ0) is 25.0. The van der Waals surface area contributed by atoms with E-state index in [-0.39, 0.29) is 51.8 Å². The van der Waals surface area contributed by atoms with Crippen molar-refractivity contribution in [3.05, 3.63) is 58.7 Å². The first kappa shape index (κ1) is 24.3. The Labute approximate surface area is 202 Å². The minimum Gasteiger partial charge on any atom is -0.508 e. The number of fused-ring (bicyclic) bond motifs is 1. The number of phenolic OH excluding ortho intramolecular Hbond substituents is 2. The van der Waals surface area contributed by atoms with Gasteiger partial charge in [-0.3, -0.25) is 9.59 Å². The third-order valence-corrected chi connectivity index (χ3v) is 9.07. The fourth-order valence-corrected chi connectivity index (χ4v) is 7.65. The van der Waals surface area contributed by atoms with Crippen LogP contribution < -0.4 is 5.73 Å². The van der Waals surface area contributed by atoms with Crippen LogP contribution in [0.1, 0.15) is 91.1 Å². The Morgan fingerprint density at radius 3 is 2.29 bits per heavy atom. The van der Waals surface area contributed by atoms with E-state index >= 15 is 0 Å². The number of carbonyl (C=O) groups is 2. The van der Waals surface area contributed by atoms with Gasteiger partial charge in [0.25, 0.3) is 0 Å². The van der Waals surface area contributed by atoms with Crippen LogP contribution in [0, 0.1) is 35.5 Å². The van der Waals surface area contributed by atoms with Crippen LogP contribution in [0.3, 0.4) is 0 Å². The summed E-state index contributed by atoms with van der Waals surface area (Å²) in [6, 6.07) is 9.81. The molecule has 4 rings (SSSR count). The number of carbonyl (C=O) groups excluding carboxylic acids is 2. The van der Waals surface area contributed by atoms with Crippen LogP contribution in [-0.4, -0.2) is 21.9 Å². The highest BCUT2D eigenvalue weighted by Crippen LogP contribution is 2.64. The zero-order valence-electron chi connectivity index (χ0n) is 20.9. The summed E-state index contributed by atoms with van der Waals surface area (Å²) in [5.41, 5.74) is 8.47. The number of Topliss-reactive ketones (excluding diaryl/α,β-unsaturated/α-hetero) is 1. The molecular weight excluding hydrogens is 426 g/mol. The number of ketones is 1. The van der Waals surface area contributed by atoms with Crippen LogP contribution in [0.4, 0.5) is 0 Å². The maximum absolute atomic E-state index is 14.2. The van der Waals surface area contributed by atoms with E-state index < -0.39 is 5.91 Å². The van der Waals surface area contributed by atoms with E-state index in [2.05, 4.69) is 27.7 Å². The second-order valence-electron chi connectivity index (χ2n) is 11.6. The highest BCUT2D eigenvalue weighted by atomic mass is 16.3. The molecule has 1 amide bonds. The summed E-state index contributed by atoms with van der Waals surface area (Å²) in [4.78, 5) is 26.6. The Hall–Kier alpha value is -2.82. The molecule has 0 unspecified atom stereocenters. The molecule has 4 N–H and O–H groups in total. The number of benzene rings is 2. The van der Waals surface area contributed by atoms with Gasteiger partial charge in [0.1, 0.15) is 11.5 Å². The Morgan fingerprint density at radius 2 is 1.68 bits per heavy atom. The minimum atomic E-state index is -0.442. The normalized spacial score (nSPS) is 30.4. The van der Waals surface area contributed by atoms with Crippen molar-refractivity contribution in [2.75, 3.05) is 0 Å². The number of nitrogens with two attached hydrogens (primary N) is 1. The summed E-state index contributed by atoms with van der Waals surface area (Å²) in [5, 5.41) is 20.2. The molecule has 0 radical (unpaired) electrons. The molecule has 5 atom stereocenters. The number of rotatable bonds is 4. The fraction of sp³-hybridized carbons (Fsp3) is 0.517. The number of hydrogen-bond acceptors (Lipinski definition) is 4. The topological polar surface area (TPSA) is 101 Å². The van der Waals surface area contributed by atoms with Crippen molar-refractivity contribution in [1.29, 1.82) is 0 Å². The lowest BCUT2D eigenvalue weighted by Gasteiger charge is -2.60. The Bertz CT molecular complexity index is 1120. The molecule has 0 bridgehead atoms. The quantitative estimate of drug-likeness (QED) is 0.487. The van der Waals surface area contributed by atoms with Crippen molar-refractivity contribution in [2.24, 2.45) is 34.3 Å². The number of amides is 1. The van der Waals surface area contributed by atoms with Gasteiger partial charge in [0, 0.05) is 23.1 Å². The van der Waals surface area contributed by atoms with Gasteiger partial charge in [-0.25, -0.2) is 0 Å². The van der Waals surface area contributed by atoms with Gasteiger partial charge in [-0.1, -0.05) is 46.2 Å². The highest BCUT2D eigenvalue weighted by molar-refractivity contribution is 5.99. The van der Waals surface area contributed by atoms with Crippen molar-refractivity contribution < 1.29 is 19.8 Å². The van der Waals surface area contributed by atoms with Crippen LogP contribution >= 0.6 is 0 Å². The van der Waals surface area contributed by atoms with E-state index in [1.807, 2.05) is 19.1 Å². The second kappa shape index (κ2) is 8.44. The lowest BCUT2D eigenvalue weighted by Crippen LogP contribution is -2.55. The summed E-state index contributed by atoms with van der Waals surface area (Å²) in [7, 11) is 0. The Kier molecular flexibility index (Phi) is 6.03. The zero-order valence-corrected chi connectivity index (χ0v) is 20.9. The van der Waals surface area contributed by atoms with Gasteiger partial charge in [-0.2, -0.15) is 0 Å². The molecular formula is C29H37NO4. The van der Waals surface area contributed by atoms with Gasteiger partial charge in [0.05, 0.1) is 0 Å². The first-order valence-corrected chi connectivity index (χ1v) is 12.3. The van der Waals surface area contributed by atoms with Gasteiger partial charge in [-0.05, 0) is 84.1 Å². The van der Waals surface area contributed by atoms with E-state index in [0.29, 0.717) is 11.1 Å².